The molecule has 1 heterocycles. The predicted molar refractivity (Wildman–Crippen MR) is 54.0 cm³/mol. The van der Waals surface area contributed by atoms with Gasteiger partial charge in [0.2, 0.25) is 5.91 Å². The minimum absolute atomic E-state index is 0.120. The van der Waals surface area contributed by atoms with Crippen molar-refractivity contribution in [1.29, 1.82) is 0 Å². The molecule has 1 amide bonds. The smallest absolute Gasteiger partial charge is 0.236 e. The van der Waals surface area contributed by atoms with Gasteiger partial charge in [-0.25, -0.2) is 0 Å². The Labute approximate surface area is 84.9 Å². The third kappa shape index (κ3) is 2.54. The molecule has 0 bridgehead atoms. The summed E-state index contributed by atoms with van der Waals surface area (Å²) in [4.78, 5) is 26.3. The predicted octanol–water partition coefficient (Wildman–Crippen LogP) is 0.128. The van der Waals surface area contributed by atoms with Crippen LogP contribution in [-0.2, 0) is 9.59 Å². The monoisotopic (exact) mass is 198 g/mol. The molecule has 4 nitrogen and oxygen atoms in total. The number of rotatable bonds is 3. The van der Waals surface area contributed by atoms with Gasteiger partial charge in [0.1, 0.15) is 5.78 Å². The van der Waals surface area contributed by atoms with Crippen molar-refractivity contribution in [2.75, 3.05) is 26.2 Å². The molecule has 4 heteroatoms. The first-order chi connectivity index (χ1) is 6.54. The molecule has 0 spiro atoms. The van der Waals surface area contributed by atoms with Gasteiger partial charge in [-0.2, -0.15) is 0 Å². The molecule has 14 heavy (non-hydrogen) atoms. The molecule has 80 valence electrons. The average molecular weight is 198 g/mol. The van der Waals surface area contributed by atoms with Gasteiger partial charge in [-0.05, 0) is 20.8 Å². The SMILES string of the molecule is CCN1CC(C)N(CC(C)=O)CC1=O. The van der Waals surface area contributed by atoms with Gasteiger partial charge < -0.3 is 4.90 Å². The number of hydrogen-bond donors (Lipinski definition) is 0. The van der Waals surface area contributed by atoms with E-state index in [1.54, 1.807) is 6.92 Å². The van der Waals surface area contributed by atoms with Crippen molar-refractivity contribution >= 4 is 11.7 Å². The van der Waals surface area contributed by atoms with Crippen LogP contribution in [0, 0.1) is 0 Å². The summed E-state index contributed by atoms with van der Waals surface area (Å²) in [5.41, 5.74) is 0. The zero-order valence-electron chi connectivity index (χ0n) is 9.12. The highest BCUT2D eigenvalue weighted by molar-refractivity contribution is 5.81. The van der Waals surface area contributed by atoms with Gasteiger partial charge >= 0.3 is 0 Å². The molecule has 1 saturated heterocycles. The summed E-state index contributed by atoms with van der Waals surface area (Å²) in [6, 6.07) is 0.288. The van der Waals surface area contributed by atoms with E-state index in [4.69, 9.17) is 0 Å². The van der Waals surface area contributed by atoms with Crippen LogP contribution in [0.15, 0.2) is 0 Å². The highest BCUT2D eigenvalue weighted by Gasteiger charge is 2.28. The van der Waals surface area contributed by atoms with E-state index in [2.05, 4.69) is 6.92 Å². The quantitative estimate of drug-likeness (QED) is 0.647. The van der Waals surface area contributed by atoms with Crippen molar-refractivity contribution in [3.8, 4) is 0 Å². The number of hydrogen-bond acceptors (Lipinski definition) is 3. The lowest BCUT2D eigenvalue weighted by Gasteiger charge is -2.38. The lowest BCUT2D eigenvalue weighted by Crippen LogP contribution is -2.55. The van der Waals surface area contributed by atoms with Crippen LogP contribution in [0.2, 0.25) is 0 Å². The Hall–Kier alpha value is -0.900. The fourth-order valence-electron chi connectivity index (χ4n) is 1.77. The Morgan fingerprint density at radius 1 is 1.57 bits per heavy atom. The molecule has 0 aromatic heterocycles. The molecule has 1 fully saturated rings. The van der Waals surface area contributed by atoms with E-state index in [9.17, 15) is 9.59 Å². The number of carbonyl (C=O) groups is 2. The Kier molecular flexibility index (Phi) is 3.63. The fourth-order valence-corrected chi connectivity index (χ4v) is 1.77. The summed E-state index contributed by atoms with van der Waals surface area (Å²) in [6.07, 6.45) is 0. The van der Waals surface area contributed by atoms with Crippen molar-refractivity contribution < 1.29 is 9.59 Å². The van der Waals surface area contributed by atoms with Gasteiger partial charge in [0, 0.05) is 19.1 Å². The highest BCUT2D eigenvalue weighted by Crippen LogP contribution is 2.09. The number of amides is 1. The molecule has 0 aromatic carbocycles. The van der Waals surface area contributed by atoms with Crippen molar-refractivity contribution in [2.45, 2.75) is 26.8 Å². The third-order valence-electron chi connectivity index (χ3n) is 2.61. The molecule has 1 aliphatic heterocycles. The molecule has 1 unspecified atom stereocenters. The van der Waals surface area contributed by atoms with Gasteiger partial charge in [-0.3, -0.25) is 14.5 Å². The van der Waals surface area contributed by atoms with Crippen LogP contribution in [0.25, 0.3) is 0 Å². The molecule has 0 N–H and O–H groups in total. The Balaban J connectivity index is 2.57. The number of Topliss-reactive ketones (excluding diaryl/α,β-unsaturated/α-hetero) is 1. The maximum Gasteiger partial charge on any atom is 0.236 e. The zero-order valence-corrected chi connectivity index (χ0v) is 9.12. The zero-order chi connectivity index (χ0) is 10.7. The maximum absolute atomic E-state index is 11.5. The van der Waals surface area contributed by atoms with Crippen molar-refractivity contribution in [2.24, 2.45) is 0 Å². The first-order valence-corrected chi connectivity index (χ1v) is 5.05. The van der Waals surface area contributed by atoms with Crippen molar-refractivity contribution in [3.63, 3.8) is 0 Å². The fraction of sp³-hybridized carbons (Fsp3) is 0.800. The molecule has 0 aliphatic carbocycles. The van der Waals surface area contributed by atoms with E-state index < -0.39 is 0 Å². The second kappa shape index (κ2) is 4.55. The lowest BCUT2D eigenvalue weighted by atomic mass is 10.1. The summed E-state index contributed by atoms with van der Waals surface area (Å²) in [5, 5.41) is 0. The van der Waals surface area contributed by atoms with Crippen LogP contribution in [0.5, 0.6) is 0 Å². The van der Waals surface area contributed by atoms with E-state index in [1.165, 1.54) is 0 Å². The first-order valence-electron chi connectivity index (χ1n) is 5.05. The molecule has 1 atom stereocenters. The van der Waals surface area contributed by atoms with Crippen LogP contribution in [0.3, 0.4) is 0 Å². The van der Waals surface area contributed by atoms with Gasteiger partial charge in [0.05, 0.1) is 13.1 Å². The van der Waals surface area contributed by atoms with E-state index in [0.717, 1.165) is 13.1 Å². The van der Waals surface area contributed by atoms with Crippen molar-refractivity contribution in [1.82, 2.24) is 9.80 Å². The van der Waals surface area contributed by atoms with Gasteiger partial charge in [-0.15, -0.1) is 0 Å². The molecular formula is C10H18N2O2. The number of nitrogens with zero attached hydrogens (tertiary/aromatic N) is 2. The van der Waals surface area contributed by atoms with Crippen LogP contribution < -0.4 is 0 Å². The summed E-state index contributed by atoms with van der Waals surface area (Å²) < 4.78 is 0. The molecule has 1 aliphatic rings. The van der Waals surface area contributed by atoms with E-state index in [0.29, 0.717) is 13.1 Å². The number of likely N-dealkylation sites (N-methyl/N-ethyl adjacent to an activating group) is 1. The second-order valence-electron chi connectivity index (χ2n) is 3.89. The molecular weight excluding hydrogens is 180 g/mol. The summed E-state index contributed by atoms with van der Waals surface area (Å²) in [7, 11) is 0. The second-order valence-corrected chi connectivity index (χ2v) is 3.89. The van der Waals surface area contributed by atoms with Crippen LogP contribution in [-0.4, -0.2) is 53.7 Å². The largest absolute Gasteiger partial charge is 0.340 e. The number of carbonyl (C=O) groups excluding carboxylic acids is 2. The highest BCUT2D eigenvalue weighted by atomic mass is 16.2. The summed E-state index contributed by atoms with van der Waals surface area (Å²) in [6.45, 7) is 7.87. The van der Waals surface area contributed by atoms with Crippen LogP contribution in [0.4, 0.5) is 0 Å². The minimum atomic E-state index is 0.120. The number of ketones is 1. The lowest BCUT2D eigenvalue weighted by molar-refractivity contribution is -0.138. The van der Waals surface area contributed by atoms with E-state index in [1.807, 2.05) is 16.7 Å². The van der Waals surface area contributed by atoms with Gasteiger partial charge in [0.25, 0.3) is 0 Å². The Morgan fingerprint density at radius 2 is 2.21 bits per heavy atom. The topological polar surface area (TPSA) is 40.6 Å². The molecule has 0 aromatic rings. The van der Waals surface area contributed by atoms with Gasteiger partial charge in [0.15, 0.2) is 0 Å². The van der Waals surface area contributed by atoms with Gasteiger partial charge in [-0.1, -0.05) is 0 Å². The Morgan fingerprint density at radius 3 is 2.71 bits per heavy atom. The first kappa shape index (κ1) is 11.2. The van der Waals surface area contributed by atoms with E-state index >= 15 is 0 Å². The normalized spacial score (nSPS) is 24.1. The number of piperazine rings is 1. The van der Waals surface area contributed by atoms with Crippen LogP contribution in [0.1, 0.15) is 20.8 Å². The standard InChI is InChI=1S/C10H18N2O2/c1-4-11-5-8(2)12(6-9(3)13)7-10(11)14/h8H,4-7H2,1-3H3. The minimum Gasteiger partial charge on any atom is -0.340 e. The van der Waals surface area contributed by atoms with Crippen molar-refractivity contribution in [3.05, 3.63) is 0 Å². The summed E-state index contributed by atoms with van der Waals surface area (Å²) >= 11 is 0. The molecule has 0 saturated carbocycles. The third-order valence-corrected chi connectivity index (χ3v) is 2.61. The average Bonchev–Trinajstić information content (AvgIpc) is 2.10. The molecule has 0 radical (unpaired) electrons. The van der Waals surface area contributed by atoms with Crippen LogP contribution >= 0.6 is 0 Å². The van der Waals surface area contributed by atoms with E-state index in [-0.39, 0.29) is 17.7 Å². The maximum atomic E-state index is 11.5. The molecule has 1 rings (SSSR count). The summed E-state index contributed by atoms with van der Waals surface area (Å²) in [5.74, 6) is 0.251. The Bertz CT molecular complexity index is 240.